The molecule has 0 saturated heterocycles. The minimum absolute atomic E-state index is 0.255. The van der Waals surface area contributed by atoms with E-state index < -0.39 is 11.9 Å². The fraction of sp³-hybridized carbons (Fsp3) is 0.389. The van der Waals surface area contributed by atoms with E-state index >= 15 is 0 Å². The van der Waals surface area contributed by atoms with Gasteiger partial charge in [-0.2, -0.15) is 0 Å². The van der Waals surface area contributed by atoms with E-state index in [1.54, 1.807) is 26.2 Å². The maximum atomic E-state index is 12.1. The van der Waals surface area contributed by atoms with E-state index in [0.29, 0.717) is 29.4 Å². The van der Waals surface area contributed by atoms with Gasteiger partial charge in [-0.25, -0.2) is 4.79 Å². The summed E-state index contributed by atoms with van der Waals surface area (Å²) in [7, 11) is 1.56. The Balaban J connectivity index is 1.72. The number of nitrogens with one attached hydrogen (secondary N) is 1. The fourth-order valence-corrected chi connectivity index (χ4v) is 2.26. The molecule has 140 valence electrons. The highest BCUT2D eigenvalue weighted by atomic mass is 16.5. The highest BCUT2D eigenvalue weighted by Crippen LogP contribution is 2.25. The van der Waals surface area contributed by atoms with Crippen molar-refractivity contribution in [1.29, 1.82) is 0 Å². The standard InChI is InChI=1S/C18H22N2O6/c1-4-13-17(12(2)26-20-13)18(22)25-11-16(21)19-9-10-24-15-8-6-5-7-14(15)23-3/h5-8H,4,9-11H2,1-3H3,(H,19,21). The van der Waals surface area contributed by atoms with Crippen LogP contribution in [0, 0.1) is 6.92 Å². The van der Waals surface area contributed by atoms with E-state index in [-0.39, 0.29) is 25.3 Å². The second kappa shape index (κ2) is 9.45. The number of methoxy groups -OCH3 is 1. The van der Waals surface area contributed by atoms with Crippen molar-refractivity contribution in [2.45, 2.75) is 20.3 Å². The number of nitrogens with zero attached hydrogens (tertiary/aromatic N) is 1. The van der Waals surface area contributed by atoms with Crippen LogP contribution in [-0.2, 0) is 16.0 Å². The first-order chi connectivity index (χ1) is 12.6. The maximum absolute atomic E-state index is 12.1. The largest absolute Gasteiger partial charge is 0.493 e. The lowest BCUT2D eigenvalue weighted by molar-refractivity contribution is -0.124. The number of ether oxygens (including phenoxy) is 3. The Hall–Kier alpha value is -3.03. The summed E-state index contributed by atoms with van der Waals surface area (Å²) >= 11 is 0. The molecule has 0 unspecified atom stereocenters. The molecule has 0 aliphatic rings. The first-order valence-electron chi connectivity index (χ1n) is 8.21. The number of benzene rings is 1. The summed E-state index contributed by atoms with van der Waals surface area (Å²) in [5.74, 6) is 0.530. The van der Waals surface area contributed by atoms with Gasteiger partial charge < -0.3 is 24.1 Å². The molecule has 2 aromatic rings. The molecule has 1 aromatic carbocycles. The summed E-state index contributed by atoms with van der Waals surface area (Å²) in [6, 6.07) is 7.22. The monoisotopic (exact) mass is 362 g/mol. The van der Waals surface area contributed by atoms with E-state index in [1.807, 2.05) is 19.1 Å². The van der Waals surface area contributed by atoms with Gasteiger partial charge in [0.1, 0.15) is 17.9 Å². The van der Waals surface area contributed by atoms with E-state index in [9.17, 15) is 9.59 Å². The summed E-state index contributed by atoms with van der Waals surface area (Å²) in [5, 5.41) is 6.40. The average Bonchev–Trinajstić information content (AvgIpc) is 3.04. The molecule has 0 saturated carbocycles. The Morgan fingerprint density at radius 2 is 1.96 bits per heavy atom. The minimum atomic E-state index is -0.624. The molecular formula is C18H22N2O6. The van der Waals surface area contributed by atoms with Crippen LogP contribution in [0.4, 0.5) is 0 Å². The third-order valence-corrected chi connectivity index (χ3v) is 3.56. The van der Waals surface area contributed by atoms with Gasteiger partial charge in [-0.3, -0.25) is 4.79 Å². The topological polar surface area (TPSA) is 99.9 Å². The second-order valence-electron chi connectivity index (χ2n) is 5.34. The summed E-state index contributed by atoms with van der Waals surface area (Å²) in [4.78, 5) is 23.8. The Labute approximate surface area is 151 Å². The predicted octanol–water partition coefficient (Wildman–Crippen LogP) is 1.91. The lowest BCUT2D eigenvalue weighted by Gasteiger charge is -2.11. The third kappa shape index (κ3) is 4.98. The summed E-state index contributed by atoms with van der Waals surface area (Å²) in [6.07, 6.45) is 0.536. The van der Waals surface area contributed by atoms with Gasteiger partial charge in [0.2, 0.25) is 0 Å². The molecule has 1 heterocycles. The van der Waals surface area contributed by atoms with Gasteiger partial charge >= 0.3 is 5.97 Å². The molecule has 0 atom stereocenters. The molecule has 2 rings (SSSR count). The molecule has 26 heavy (non-hydrogen) atoms. The molecular weight excluding hydrogens is 340 g/mol. The zero-order chi connectivity index (χ0) is 18.9. The number of para-hydroxylation sites is 2. The Morgan fingerprint density at radius 1 is 1.23 bits per heavy atom. The summed E-state index contributed by atoms with van der Waals surface area (Å²) < 4.78 is 20.7. The molecule has 0 aliphatic heterocycles. The molecule has 0 radical (unpaired) electrons. The number of aryl methyl sites for hydroxylation is 2. The number of hydrogen-bond acceptors (Lipinski definition) is 7. The van der Waals surface area contributed by atoms with E-state index in [2.05, 4.69) is 10.5 Å². The van der Waals surface area contributed by atoms with Gasteiger partial charge in [0.05, 0.1) is 19.3 Å². The normalized spacial score (nSPS) is 10.3. The molecule has 0 bridgehead atoms. The molecule has 1 N–H and O–H groups in total. The second-order valence-corrected chi connectivity index (χ2v) is 5.34. The number of esters is 1. The van der Waals surface area contributed by atoms with Crippen molar-refractivity contribution in [2.24, 2.45) is 0 Å². The van der Waals surface area contributed by atoms with Crippen LogP contribution in [0.5, 0.6) is 11.5 Å². The highest BCUT2D eigenvalue weighted by molar-refractivity contribution is 5.93. The van der Waals surface area contributed by atoms with Gasteiger partial charge in [-0.1, -0.05) is 24.2 Å². The van der Waals surface area contributed by atoms with Crippen LogP contribution in [-0.4, -0.2) is 43.9 Å². The van der Waals surface area contributed by atoms with Crippen LogP contribution >= 0.6 is 0 Å². The Bertz CT molecular complexity index is 756. The molecule has 0 spiro atoms. The van der Waals surface area contributed by atoms with E-state index in [0.717, 1.165) is 0 Å². The Morgan fingerprint density at radius 3 is 2.65 bits per heavy atom. The van der Waals surface area contributed by atoms with Gasteiger partial charge in [-0.05, 0) is 25.5 Å². The molecule has 1 aromatic heterocycles. The van der Waals surface area contributed by atoms with Crippen LogP contribution in [0.15, 0.2) is 28.8 Å². The first kappa shape index (κ1) is 19.3. The van der Waals surface area contributed by atoms with Crippen molar-refractivity contribution in [1.82, 2.24) is 10.5 Å². The van der Waals surface area contributed by atoms with Crippen molar-refractivity contribution >= 4 is 11.9 Å². The first-order valence-corrected chi connectivity index (χ1v) is 8.21. The predicted molar refractivity (Wildman–Crippen MR) is 92.4 cm³/mol. The van der Waals surface area contributed by atoms with Gasteiger partial charge in [0.25, 0.3) is 5.91 Å². The van der Waals surface area contributed by atoms with Crippen molar-refractivity contribution < 1.29 is 28.3 Å². The van der Waals surface area contributed by atoms with Crippen LogP contribution in [0.25, 0.3) is 0 Å². The van der Waals surface area contributed by atoms with Crippen molar-refractivity contribution in [3.63, 3.8) is 0 Å². The van der Waals surface area contributed by atoms with Crippen molar-refractivity contribution in [2.75, 3.05) is 26.9 Å². The van der Waals surface area contributed by atoms with Crippen LogP contribution in [0.3, 0.4) is 0 Å². The quantitative estimate of drug-likeness (QED) is 0.537. The molecule has 1 amide bonds. The fourth-order valence-electron chi connectivity index (χ4n) is 2.26. The number of amides is 1. The van der Waals surface area contributed by atoms with Crippen molar-refractivity contribution in [3.05, 3.63) is 41.3 Å². The number of aromatic nitrogens is 1. The number of carbonyl (C=O) groups is 2. The SMILES string of the molecule is CCc1noc(C)c1C(=O)OCC(=O)NCCOc1ccccc1OC. The lowest BCUT2D eigenvalue weighted by Crippen LogP contribution is -2.32. The number of carbonyl (C=O) groups excluding carboxylic acids is 2. The van der Waals surface area contributed by atoms with Gasteiger partial charge in [0, 0.05) is 0 Å². The minimum Gasteiger partial charge on any atom is -0.493 e. The van der Waals surface area contributed by atoms with Crippen LogP contribution in [0.2, 0.25) is 0 Å². The van der Waals surface area contributed by atoms with Crippen LogP contribution in [0.1, 0.15) is 28.7 Å². The van der Waals surface area contributed by atoms with Gasteiger partial charge in [0.15, 0.2) is 18.1 Å². The molecule has 8 nitrogen and oxygen atoms in total. The lowest BCUT2D eigenvalue weighted by atomic mass is 10.1. The summed E-state index contributed by atoms with van der Waals surface area (Å²) in [6.45, 7) is 3.60. The maximum Gasteiger partial charge on any atom is 0.344 e. The zero-order valence-corrected chi connectivity index (χ0v) is 15.0. The number of hydrogen-bond donors (Lipinski definition) is 1. The van der Waals surface area contributed by atoms with Crippen molar-refractivity contribution in [3.8, 4) is 11.5 Å². The number of rotatable bonds is 9. The average molecular weight is 362 g/mol. The van der Waals surface area contributed by atoms with E-state index in [1.165, 1.54) is 0 Å². The Kier molecular flexibility index (Phi) is 7.02. The molecule has 8 heteroatoms. The third-order valence-electron chi connectivity index (χ3n) is 3.56. The highest BCUT2D eigenvalue weighted by Gasteiger charge is 2.21. The van der Waals surface area contributed by atoms with Gasteiger partial charge in [-0.15, -0.1) is 0 Å². The molecule has 0 aliphatic carbocycles. The smallest absolute Gasteiger partial charge is 0.344 e. The summed E-state index contributed by atoms with van der Waals surface area (Å²) in [5.41, 5.74) is 0.790. The zero-order valence-electron chi connectivity index (χ0n) is 15.0. The molecule has 0 fully saturated rings. The van der Waals surface area contributed by atoms with Crippen LogP contribution < -0.4 is 14.8 Å². The van der Waals surface area contributed by atoms with E-state index in [4.69, 9.17) is 18.7 Å².